The summed E-state index contributed by atoms with van der Waals surface area (Å²) in [7, 11) is 1.66. The average molecular weight is 422 g/mol. The van der Waals surface area contributed by atoms with Gasteiger partial charge >= 0.3 is 0 Å². The normalized spacial score (nSPS) is 10.5. The van der Waals surface area contributed by atoms with Crippen molar-refractivity contribution in [3.63, 3.8) is 0 Å². The Bertz CT molecular complexity index is 1030. The standard InChI is InChI=1S/C26H28ClNO2/c1-5-8-21-14-20(16-28-24-13-18(2)11-12-19(24)3)15-25(29-4)26(21)30-17-22-9-6-7-10-23(22)27/h5-7,9-15,28H,1,8,16-17H2,2-4H3. The summed E-state index contributed by atoms with van der Waals surface area (Å²) in [6.45, 7) is 9.17. The highest BCUT2D eigenvalue weighted by Gasteiger charge is 2.14. The maximum Gasteiger partial charge on any atom is 0.165 e. The number of methoxy groups -OCH3 is 1. The minimum atomic E-state index is 0.375. The fraction of sp³-hybridized carbons (Fsp3) is 0.231. The van der Waals surface area contributed by atoms with Crippen molar-refractivity contribution in [3.8, 4) is 11.5 Å². The highest BCUT2D eigenvalue weighted by Crippen LogP contribution is 2.35. The largest absolute Gasteiger partial charge is 0.493 e. The summed E-state index contributed by atoms with van der Waals surface area (Å²) in [6, 6.07) is 18.3. The fourth-order valence-corrected chi connectivity index (χ4v) is 3.53. The number of anilines is 1. The van der Waals surface area contributed by atoms with Gasteiger partial charge in [0.2, 0.25) is 0 Å². The van der Waals surface area contributed by atoms with Crippen molar-refractivity contribution >= 4 is 17.3 Å². The molecule has 3 rings (SSSR count). The Kier molecular flexibility index (Phi) is 7.42. The van der Waals surface area contributed by atoms with Crippen LogP contribution in [0.1, 0.15) is 27.8 Å². The second-order valence-electron chi connectivity index (χ2n) is 7.33. The lowest BCUT2D eigenvalue weighted by Crippen LogP contribution is -2.06. The maximum absolute atomic E-state index is 6.28. The number of aryl methyl sites for hydroxylation is 2. The maximum atomic E-state index is 6.28. The molecule has 1 N–H and O–H groups in total. The lowest BCUT2D eigenvalue weighted by atomic mass is 10.0. The van der Waals surface area contributed by atoms with Gasteiger partial charge in [0.25, 0.3) is 0 Å². The summed E-state index contributed by atoms with van der Waals surface area (Å²) in [5.41, 5.74) is 6.68. The average Bonchev–Trinajstić information content (AvgIpc) is 2.74. The quantitative estimate of drug-likeness (QED) is 0.382. The van der Waals surface area contributed by atoms with E-state index in [1.807, 2.05) is 36.4 Å². The summed E-state index contributed by atoms with van der Waals surface area (Å²) < 4.78 is 11.8. The molecule has 0 atom stereocenters. The Labute approximate surface area is 184 Å². The monoisotopic (exact) mass is 421 g/mol. The molecule has 0 heterocycles. The number of benzene rings is 3. The molecule has 0 unspecified atom stereocenters. The van der Waals surface area contributed by atoms with Gasteiger partial charge in [-0.25, -0.2) is 0 Å². The van der Waals surface area contributed by atoms with Crippen LogP contribution in [0.15, 0.2) is 67.3 Å². The van der Waals surface area contributed by atoms with Gasteiger partial charge in [0.05, 0.1) is 7.11 Å². The van der Waals surface area contributed by atoms with Crippen molar-refractivity contribution in [2.75, 3.05) is 12.4 Å². The highest BCUT2D eigenvalue weighted by molar-refractivity contribution is 6.31. The van der Waals surface area contributed by atoms with Crippen molar-refractivity contribution in [3.05, 3.63) is 100 Å². The molecule has 156 valence electrons. The van der Waals surface area contributed by atoms with Gasteiger partial charge < -0.3 is 14.8 Å². The predicted octanol–water partition coefficient (Wildman–Crippen LogP) is 6.89. The summed E-state index contributed by atoms with van der Waals surface area (Å²) >= 11 is 6.28. The molecule has 0 spiro atoms. The molecule has 3 aromatic carbocycles. The zero-order chi connectivity index (χ0) is 21.5. The lowest BCUT2D eigenvalue weighted by Gasteiger charge is -2.18. The van der Waals surface area contributed by atoms with Crippen LogP contribution in [0.25, 0.3) is 0 Å². The summed E-state index contributed by atoms with van der Waals surface area (Å²) in [5.74, 6) is 1.44. The van der Waals surface area contributed by atoms with Gasteiger partial charge in [0, 0.05) is 28.4 Å². The van der Waals surface area contributed by atoms with Crippen molar-refractivity contribution in [1.29, 1.82) is 0 Å². The molecule has 0 saturated heterocycles. The Hall–Kier alpha value is -2.91. The van der Waals surface area contributed by atoms with Gasteiger partial charge in [-0.2, -0.15) is 0 Å². The topological polar surface area (TPSA) is 30.5 Å². The Morgan fingerprint density at radius 2 is 1.83 bits per heavy atom. The van der Waals surface area contributed by atoms with Crippen LogP contribution in [0, 0.1) is 13.8 Å². The first-order valence-electron chi connectivity index (χ1n) is 9.99. The number of nitrogens with one attached hydrogen (secondary N) is 1. The van der Waals surface area contributed by atoms with Crippen molar-refractivity contribution in [2.24, 2.45) is 0 Å². The lowest BCUT2D eigenvalue weighted by molar-refractivity contribution is 0.282. The third-order valence-electron chi connectivity index (χ3n) is 4.98. The van der Waals surface area contributed by atoms with Gasteiger partial charge in [0.15, 0.2) is 11.5 Å². The van der Waals surface area contributed by atoms with Crippen LogP contribution < -0.4 is 14.8 Å². The second-order valence-corrected chi connectivity index (χ2v) is 7.74. The van der Waals surface area contributed by atoms with Crippen LogP contribution in [0.3, 0.4) is 0 Å². The van der Waals surface area contributed by atoms with Crippen LogP contribution >= 0.6 is 11.6 Å². The first-order valence-corrected chi connectivity index (χ1v) is 10.4. The third kappa shape index (κ3) is 5.37. The van der Waals surface area contributed by atoms with E-state index in [1.54, 1.807) is 7.11 Å². The van der Waals surface area contributed by atoms with E-state index < -0.39 is 0 Å². The number of ether oxygens (including phenoxy) is 2. The van der Waals surface area contributed by atoms with Crippen LogP contribution in [0.2, 0.25) is 5.02 Å². The van der Waals surface area contributed by atoms with E-state index in [9.17, 15) is 0 Å². The minimum Gasteiger partial charge on any atom is -0.493 e. The highest BCUT2D eigenvalue weighted by atomic mass is 35.5. The summed E-state index contributed by atoms with van der Waals surface area (Å²) in [4.78, 5) is 0. The smallest absolute Gasteiger partial charge is 0.165 e. The molecular formula is C26H28ClNO2. The number of allylic oxidation sites excluding steroid dienone is 1. The molecule has 0 fully saturated rings. The molecule has 30 heavy (non-hydrogen) atoms. The van der Waals surface area contributed by atoms with Crippen molar-refractivity contribution in [2.45, 2.75) is 33.4 Å². The van der Waals surface area contributed by atoms with Crippen LogP contribution in [-0.2, 0) is 19.6 Å². The van der Waals surface area contributed by atoms with Gasteiger partial charge in [-0.05, 0) is 61.2 Å². The molecule has 0 amide bonds. The molecule has 3 aromatic rings. The van der Waals surface area contributed by atoms with Crippen LogP contribution in [0.5, 0.6) is 11.5 Å². The van der Waals surface area contributed by atoms with Crippen LogP contribution in [0.4, 0.5) is 5.69 Å². The van der Waals surface area contributed by atoms with Gasteiger partial charge in [0.1, 0.15) is 6.61 Å². The van der Waals surface area contributed by atoms with E-state index in [4.69, 9.17) is 21.1 Å². The zero-order valence-electron chi connectivity index (χ0n) is 17.8. The van der Waals surface area contributed by atoms with E-state index in [0.29, 0.717) is 30.3 Å². The van der Waals surface area contributed by atoms with Gasteiger partial charge in [-0.15, -0.1) is 6.58 Å². The first kappa shape index (κ1) is 21.8. The zero-order valence-corrected chi connectivity index (χ0v) is 18.6. The summed E-state index contributed by atoms with van der Waals surface area (Å²) in [5, 5.41) is 4.23. The summed E-state index contributed by atoms with van der Waals surface area (Å²) in [6.07, 6.45) is 2.56. The molecule has 0 aliphatic rings. The van der Waals surface area contributed by atoms with E-state index in [0.717, 1.165) is 28.1 Å². The number of hydrogen-bond donors (Lipinski definition) is 1. The molecule has 0 bridgehead atoms. The number of hydrogen-bond acceptors (Lipinski definition) is 3. The molecule has 0 aliphatic carbocycles. The van der Waals surface area contributed by atoms with Gasteiger partial charge in [-0.1, -0.05) is 48.0 Å². The Morgan fingerprint density at radius 3 is 2.57 bits per heavy atom. The molecule has 4 heteroatoms. The number of halogens is 1. The minimum absolute atomic E-state index is 0.375. The number of rotatable bonds is 9. The molecule has 0 radical (unpaired) electrons. The molecule has 0 aromatic heterocycles. The van der Waals surface area contributed by atoms with E-state index >= 15 is 0 Å². The molecule has 0 aliphatic heterocycles. The van der Waals surface area contributed by atoms with Crippen molar-refractivity contribution in [1.82, 2.24) is 0 Å². The first-order chi connectivity index (χ1) is 14.5. The molecule has 0 saturated carbocycles. The van der Waals surface area contributed by atoms with Crippen LogP contribution in [-0.4, -0.2) is 7.11 Å². The Morgan fingerprint density at radius 1 is 1.03 bits per heavy atom. The molecular weight excluding hydrogens is 394 g/mol. The van der Waals surface area contributed by atoms with Crippen molar-refractivity contribution < 1.29 is 9.47 Å². The van der Waals surface area contributed by atoms with Gasteiger partial charge in [-0.3, -0.25) is 0 Å². The van der Waals surface area contributed by atoms with E-state index in [-0.39, 0.29) is 0 Å². The van der Waals surface area contributed by atoms with E-state index in [1.165, 1.54) is 11.1 Å². The SMILES string of the molecule is C=CCc1cc(CNc2cc(C)ccc2C)cc(OC)c1OCc1ccccc1Cl. The predicted molar refractivity (Wildman–Crippen MR) is 126 cm³/mol. The Balaban J connectivity index is 1.84. The second kappa shape index (κ2) is 10.2. The van der Waals surface area contributed by atoms with E-state index in [2.05, 4.69) is 50.0 Å². The third-order valence-corrected chi connectivity index (χ3v) is 5.35. The fourth-order valence-electron chi connectivity index (χ4n) is 3.34. The molecule has 3 nitrogen and oxygen atoms in total.